The van der Waals surface area contributed by atoms with E-state index in [1.807, 2.05) is 12.1 Å². The summed E-state index contributed by atoms with van der Waals surface area (Å²) >= 11 is 0. The van der Waals surface area contributed by atoms with Gasteiger partial charge in [-0.3, -0.25) is 0 Å². The molecule has 2 unspecified atom stereocenters. The van der Waals surface area contributed by atoms with Crippen LogP contribution in [0.25, 0.3) is 0 Å². The zero-order chi connectivity index (χ0) is 12.4. The van der Waals surface area contributed by atoms with E-state index < -0.39 is 0 Å². The van der Waals surface area contributed by atoms with Crippen LogP contribution in [-0.2, 0) is 0 Å². The van der Waals surface area contributed by atoms with Gasteiger partial charge in [0.2, 0.25) is 0 Å². The monoisotopic (exact) mass is 235 g/mol. The summed E-state index contributed by atoms with van der Waals surface area (Å²) in [6.45, 7) is 7.87. The molecule has 0 aromatic heterocycles. The van der Waals surface area contributed by atoms with Gasteiger partial charge in [-0.1, -0.05) is 32.9 Å². The fourth-order valence-corrected chi connectivity index (χ4v) is 3.23. The molecule has 94 valence electrons. The summed E-state index contributed by atoms with van der Waals surface area (Å²) in [5.74, 6) is 1.71. The van der Waals surface area contributed by atoms with E-state index in [-0.39, 0.29) is 5.82 Å². The second-order valence-corrected chi connectivity index (χ2v) is 5.28. The molecule has 1 aromatic rings. The molecular formula is C15H22FN. The Bertz CT molecular complexity index is 350. The van der Waals surface area contributed by atoms with Crippen molar-refractivity contribution >= 4 is 0 Å². The minimum absolute atomic E-state index is 0.144. The van der Waals surface area contributed by atoms with Crippen LogP contribution in [-0.4, -0.2) is 12.6 Å². The number of hydrogen-bond acceptors (Lipinski definition) is 1. The quantitative estimate of drug-likeness (QED) is 0.841. The van der Waals surface area contributed by atoms with Crippen LogP contribution in [0.5, 0.6) is 0 Å². The van der Waals surface area contributed by atoms with Gasteiger partial charge in [0.05, 0.1) is 0 Å². The molecule has 0 heterocycles. The summed E-state index contributed by atoms with van der Waals surface area (Å²) < 4.78 is 12.9. The van der Waals surface area contributed by atoms with Crippen molar-refractivity contribution in [1.29, 1.82) is 0 Å². The van der Waals surface area contributed by atoms with Crippen LogP contribution in [0.4, 0.5) is 4.39 Å². The smallest absolute Gasteiger partial charge is 0.123 e. The summed E-state index contributed by atoms with van der Waals surface area (Å²) in [4.78, 5) is 0. The molecule has 0 radical (unpaired) electrons. The number of benzene rings is 1. The number of halogens is 1. The van der Waals surface area contributed by atoms with Crippen molar-refractivity contribution in [1.82, 2.24) is 5.32 Å². The van der Waals surface area contributed by atoms with Crippen molar-refractivity contribution in [3.05, 3.63) is 35.6 Å². The average Bonchev–Trinajstić information content (AvgIpc) is 2.33. The maximum atomic E-state index is 12.9. The fraction of sp³-hybridized carbons (Fsp3) is 0.600. The van der Waals surface area contributed by atoms with Gasteiger partial charge in [-0.05, 0) is 48.4 Å². The molecule has 2 atom stereocenters. The van der Waals surface area contributed by atoms with Crippen LogP contribution in [0.1, 0.15) is 38.7 Å². The lowest BCUT2D eigenvalue weighted by atomic mass is 9.59. The number of nitrogens with one attached hydrogen (secondary N) is 1. The van der Waals surface area contributed by atoms with Crippen molar-refractivity contribution in [2.24, 2.45) is 11.8 Å². The molecule has 0 aliphatic heterocycles. The van der Waals surface area contributed by atoms with Crippen molar-refractivity contribution in [3.8, 4) is 0 Å². The summed E-state index contributed by atoms with van der Waals surface area (Å²) in [6.07, 6.45) is 1.18. The molecule has 1 fully saturated rings. The third kappa shape index (κ3) is 2.37. The first-order valence-corrected chi connectivity index (χ1v) is 6.64. The Hall–Kier alpha value is -0.890. The molecule has 0 amide bonds. The van der Waals surface area contributed by atoms with Crippen LogP contribution in [0, 0.1) is 17.7 Å². The molecule has 1 aliphatic carbocycles. The Morgan fingerprint density at radius 1 is 1.12 bits per heavy atom. The van der Waals surface area contributed by atoms with Gasteiger partial charge >= 0.3 is 0 Å². The van der Waals surface area contributed by atoms with E-state index in [4.69, 9.17) is 0 Å². The van der Waals surface area contributed by atoms with Gasteiger partial charge in [-0.2, -0.15) is 0 Å². The highest BCUT2D eigenvalue weighted by Gasteiger charge is 2.44. The van der Waals surface area contributed by atoms with Gasteiger partial charge in [0.15, 0.2) is 0 Å². The van der Waals surface area contributed by atoms with Crippen molar-refractivity contribution in [2.75, 3.05) is 6.54 Å². The molecule has 1 N–H and O–H groups in total. The van der Waals surface area contributed by atoms with Gasteiger partial charge in [0, 0.05) is 6.04 Å². The standard InChI is InChI=1S/C15H22FN/c1-4-9-17-15-10(2)14(11(15)3)12-5-7-13(16)8-6-12/h5-8,10-11,14-15,17H,4,9H2,1-3H3. The zero-order valence-corrected chi connectivity index (χ0v) is 10.9. The molecule has 1 saturated carbocycles. The van der Waals surface area contributed by atoms with Crippen LogP contribution < -0.4 is 5.32 Å². The second-order valence-electron chi connectivity index (χ2n) is 5.28. The summed E-state index contributed by atoms with van der Waals surface area (Å²) in [6, 6.07) is 7.62. The van der Waals surface area contributed by atoms with E-state index in [1.165, 1.54) is 12.0 Å². The predicted molar refractivity (Wildman–Crippen MR) is 69.6 cm³/mol. The molecule has 17 heavy (non-hydrogen) atoms. The molecular weight excluding hydrogens is 213 g/mol. The number of rotatable bonds is 4. The van der Waals surface area contributed by atoms with E-state index in [2.05, 4.69) is 26.1 Å². The minimum atomic E-state index is -0.144. The van der Waals surface area contributed by atoms with Gasteiger partial charge in [0.25, 0.3) is 0 Å². The lowest BCUT2D eigenvalue weighted by Gasteiger charge is -2.50. The third-order valence-corrected chi connectivity index (χ3v) is 4.15. The third-order valence-electron chi connectivity index (χ3n) is 4.15. The first-order chi connectivity index (χ1) is 8.15. The Morgan fingerprint density at radius 3 is 2.24 bits per heavy atom. The van der Waals surface area contributed by atoms with E-state index in [9.17, 15) is 4.39 Å². The highest BCUT2D eigenvalue weighted by molar-refractivity contribution is 5.26. The Kier molecular flexibility index (Phi) is 3.82. The van der Waals surface area contributed by atoms with Crippen LogP contribution >= 0.6 is 0 Å². The summed E-state index contributed by atoms with van der Waals surface area (Å²) in [7, 11) is 0. The van der Waals surface area contributed by atoms with Crippen LogP contribution in [0.15, 0.2) is 24.3 Å². The Labute approximate surface area is 103 Å². The molecule has 0 spiro atoms. The SMILES string of the molecule is CCCNC1C(C)C(c2ccc(F)cc2)C1C. The van der Waals surface area contributed by atoms with Gasteiger partial charge < -0.3 is 5.32 Å². The molecule has 2 rings (SSSR count). The van der Waals surface area contributed by atoms with Gasteiger partial charge in [-0.25, -0.2) is 4.39 Å². The lowest BCUT2D eigenvalue weighted by Crippen LogP contribution is -2.55. The molecule has 2 heteroatoms. The van der Waals surface area contributed by atoms with E-state index >= 15 is 0 Å². The first-order valence-electron chi connectivity index (χ1n) is 6.64. The fourth-order valence-electron chi connectivity index (χ4n) is 3.23. The van der Waals surface area contributed by atoms with Gasteiger partial charge in [-0.15, -0.1) is 0 Å². The maximum absolute atomic E-state index is 12.9. The van der Waals surface area contributed by atoms with Crippen LogP contribution in [0.3, 0.4) is 0 Å². The van der Waals surface area contributed by atoms with E-state index in [0.29, 0.717) is 23.8 Å². The first kappa shape index (κ1) is 12.6. The second kappa shape index (κ2) is 5.18. The predicted octanol–water partition coefficient (Wildman–Crippen LogP) is 3.56. The maximum Gasteiger partial charge on any atom is 0.123 e. The van der Waals surface area contributed by atoms with E-state index in [0.717, 1.165) is 6.54 Å². The minimum Gasteiger partial charge on any atom is -0.313 e. The summed E-state index contributed by atoms with van der Waals surface area (Å²) in [5.41, 5.74) is 1.28. The zero-order valence-electron chi connectivity index (χ0n) is 10.9. The van der Waals surface area contributed by atoms with Gasteiger partial charge in [0.1, 0.15) is 5.82 Å². The highest BCUT2D eigenvalue weighted by atomic mass is 19.1. The largest absolute Gasteiger partial charge is 0.313 e. The number of hydrogen-bond donors (Lipinski definition) is 1. The van der Waals surface area contributed by atoms with Crippen LogP contribution in [0.2, 0.25) is 0 Å². The summed E-state index contributed by atoms with van der Waals surface area (Å²) in [5, 5.41) is 3.61. The molecule has 0 saturated heterocycles. The molecule has 1 nitrogen and oxygen atoms in total. The highest BCUT2D eigenvalue weighted by Crippen LogP contribution is 2.47. The Morgan fingerprint density at radius 2 is 1.71 bits per heavy atom. The van der Waals surface area contributed by atoms with Crippen molar-refractivity contribution in [2.45, 2.75) is 39.2 Å². The Balaban J connectivity index is 2.02. The normalized spacial score (nSPS) is 32.2. The molecule has 1 aromatic carbocycles. The average molecular weight is 235 g/mol. The lowest BCUT2D eigenvalue weighted by molar-refractivity contribution is 0.0968. The molecule has 0 bridgehead atoms. The van der Waals surface area contributed by atoms with Crippen molar-refractivity contribution < 1.29 is 4.39 Å². The molecule has 1 aliphatic rings. The van der Waals surface area contributed by atoms with E-state index in [1.54, 1.807) is 12.1 Å². The topological polar surface area (TPSA) is 12.0 Å². The van der Waals surface area contributed by atoms with Crippen molar-refractivity contribution in [3.63, 3.8) is 0 Å².